The molecule has 0 aromatic heterocycles. The van der Waals surface area contributed by atoms with E-state index in [0.29, 0.717) is 17.9 Å². The van der Waals surface area contributed by atoms with Gasteiger partial charge >= 0.3 is 0 Å². The van der Waals surface area contributed by atoms with E-state index in [1.165, 1.54) is 4.31 Å². The van der Waals surface area contributed by atoms with Gasteiger partial charge in [-0.2, -0.15) is 4.31 Å². The molecule has 2 N–H and O–H groups in total. The summed E-state index contributed by atoms with van der Waals surface area (Å²) in [5.41, 5.74) is 3.20. The molecule has 2 amide bonds. The Bertz CT molecular complexity index is 1770. The number of amides is 2. The first kappa shape index (κ1) is 27.0. The van der Waals surface area contributed by atoms with Crippen molar-refractivity contribution in [1.82, 2.24) is 9.62 Å². The lowest BCUT2D eigenvalue weighted by atomic mass is 9.95. The molecule has 41 heavy (non-hydrogen) atoms. The monoisotopic (exact) mass is 569 g/mol. The first-order valence-corrected chi connectivity index (χ1v) is 15.2. The van der Waals surface area contributed by atoms with Crippen LogP contribution in [-0.2, 0) is 32.6 Å². The van der Waals surface area contributed by atoms with E-state index < -0.39 is 28.2 Å². The van der Waals surface area contributed by atoms with Crippen molar-refractivity contribution in [1.29, 1.82) is 0 Å². The lowest BCUT2D eigenvalue weighted by molar-refractivity contribution is -0.126. The number of fused-ring (bicyclic) bond motifs is 3. The Labute approximate surface area is 239 Å². The maximum absolute atomic E-state index is 14.1. The van der Waals surface area contributed by atoms with Gasteiger partial charge in [0.1, 0.15) is 11.8 Å². The number of ether oxygens (including phenoxy) is 1. The summed E-state index contributed by atoms with van der Waals surface area (Å²) < 4.78 is 35.3. The SMILES string of the molecule is CCC1Oc2cc(C(C)NC(=O)C3Cc4ccccc4CN3S(=O)(=O)c3ccc4ccccc4c3)ccc2NC1=O. The summed E-state index contributed by atoms with van der Waals surface area (Å²) in [7, 11) is -4.00. The number of hydrogen-bond acceptors (Lipinski definition) is 5. The van der Waals surface area contributed by atoms with E-state index in [0.717, 1.165) is 27.5 Å². The number of hydrogen-bond donors (Lipinski definition) is 2. The Balaban J connectivity index is 1.29. The standard InChI is InChI=1S/C32H31N3O5S/c1-3-29-32(37)34-27-15-13-22(18-30(27)40-29)20(2)33-31(36)28-17-24-10-6-7-11-25(24)19-35(28)41(38,39)26-14-12-21-8-4-5-9-23(21)16-26/h4-16,18,20,28-29H,3,17,19H2,1-2H3,(H,33,36)(H,34,37). The second-order valence-corrected chi connectivity index (χ2v) is 12.4. The zero-order valence-corrected chi connectivity index (χ0v) is 23.6. The van der Waals surface area contributed by atoms with Crippen LogP contribution < -0.4 is 15.4 Å². The number of rotatable bonds is 6. The number of carbonyl (C=O) groups excluding carboxylic acids is 2. The van der Waals surface area contributed by atoms with E-state index in [1.807, 2.05) is 74.5 Å². The Kier molecular flexibility index (Phi) is 7.01. The molecular formula is C32H31N3O5S. The number of carbonyl (C=O) groups is 2. The highest BCUT2D eigenvalue weighted by atomic mass is 32.2. The molecule has 2 aliphatic rings. The second kappa shape index (κ2) is 10.6. The van der Waals surface area contributed by atoms with Gasteiger partial charge < -0.3 is 15.4 Å². The van der Waals surface area contributed by atoms with Gasteiger partial charge in [0, 0.05) is 6.54 Å². The predicted octanol–water partition coefficient (Wildman–Crippen LogP) is 4.94. The minimum atomic E-state index is -4.00. The van der Waals surface area contributed by atoms with Crippen molar-refractivity contribution >= 4 is 38.3 Å². The van der Waals surface area contributed by atoms with Crippen LogP contribution in [0.15, 0.2) is 89.8 Å². The third-order valence-electron chi connectivity index (χ3n) is 7.89. The van der Waals surface area contributed by atoms with Gasteiger partial charge in [-0.25, -0.2) is 8.42 Å². The summed E-state index contributed by atoms with van der Waals surface area (Å²) in [6.07, 6.45) is 0.227. The number of nitrogens with zero attached hydrogens (tertiary/aromatic N) is 1. The molecule has 9 heteroatoms. The van der Waals surface area contributed by atoms with Crippen LogP contribution in [-0.4, -0.2) is 36.7 Å². The van der Waals surface area contributed by atoms with E-state index in [1.54, 1.807) is 24.3 Å². The summed E-state index contributed by atoms with van der Waals surface area (Å²) in [6.45, 7) is 3.82. The molecule has 6 rings (SSSR count). The lowest BCUT2D eigenvalue weighted by Crippen LogP contribution is -2.52. The van der Waals surface area contributed by atoms with Crippen molar-refractivity contribution in [2.45, 2.75) is 56.3 Å². The number of sulfonamides is 1. The minimum absolute atomic E-state index is 0.0998. The molecule has 4 aromatic rings. The van der Waals surface area contributed by atoms with Crippen LogP contribution >= 0.6 is 0 Å². The van der Waals surface area contributed by atoms with Crippen molar-refractivity contribution in [3.8, 4) is 5.75 Å². The molecule has 2 heterocycles. The molecule has 8 nitrogen and oxygen atoms in total. The molecule has 0 aliphatic carbocycles. The largest absolute Gasteiger partial charge is 0.478 e. The van der Waals surface area contributed by atoms with Crippen LogP contribution in [0.3, 0.4) is 0 Å². The highest BCUT2D eigenvalue weighted by molar-refractivity contribution is 7.89. The number of anilines is 1. The summed E-state index contributed by atoms with van der Waals surface area (Å²) in [5, 5.41) is 7.64. The highest BCUT2D eigenvalue weighted by Crippen LogP contribution is 2.34. The highest BCUT2D eigenvalue weighted by Gasteiger charge is 2.40. The Morgan fingerprint density at radius 2 is 1.73 bits per heavy atom. The second-order valence-electron chi connectivity index (χ2n) is 10.5. The van der Waals surface area contributed by atoms with Crippen LogP contribution in [0, 0.1) is 0 Å². The Morgan fingerprint density at radius 1 is 1.00 bits per heavy atom. The smallest absolute Gasteiger partial charge is 0.265 e. The van der Waals surface area contributed by atoms with Crippen LogP contribution in [0.5, 0.6) is 5.75 Å². The van der Waals surface area contributed by atoms with Crippen molar-refractivity contribution in [3.05, 3.63) is 102 Å². The molecule has 0 radical (unpaired) electrons. The van der Waals surface area contributed by atoms with Crippen molar-refractivity contribution < 1.29 is 22.7 Å². The van der Waals surface area contributed by atoms with Crippen LogP contribution in [0.4, 0.5) is 5.69 Å². The third kappa shape index (κ3) is 5.07. The van der Waals surface area contributed by atoms with Crippen LogP contribution in [0.25, 0.3) is 10.8 Å². The van der Waals surface area contributed by atoms with E-state index >= 15 is 0 Å². The van der Waals surface area contributed by atoms with Crippen LogP contribution in [0.2, 0.25) is 0 Å². The number of benzene rings is 4. The van der Waals surface area contributed by atoms with Gasteiger partial charge in [0.05, 0.1) is 16.6 Å². The average molecular weight is 570 g/mol. The van der Waals surface area contributed by atoms with Gasteiger partial charge in [-0.15, -0.1) is 0 Å². The predicted molar refractivity (Wildman–Crippen MR) is 157 cm³/mol. The lowest BCUT2D eigenvalue weighted by Gasteiger charge is -2.35. The quantitative estimate of drug-likeness (QED) is 0.342. The van der Waals surface area contributed by atoms with E-state index in [4.69, 9.17) is 4.74 Å². The Hall–Kier alpha value is -4.21. The molecule has 3 unspecified atom stereocenters. The summed E-state index contributed by atoms with van der Waals surface area (Å²) >= 11 is 0. The summed E-state index contributed by atoms with van der Waals surface area (Å²) in [6, 6.07) is 24.3. The fourth-order valence-corrected chi connectivity index (χ4v) is 7.13. The molecule has 4 aromatic carbocycles. The zero-order valence-electron chi connectivity index (χ0n) is 22.8. The van der Waals surface area contributed by atoms with E-state index in [9.17, 15) is 18.0 Å². The molecule has 3 atom stereocenters. The maximum Gasteiger partial charge on any atom is 0.265 e. The van der Waals surface area contributed by atoms with Crippen molar-refractivity contribution in [2.24, 2.45) is 0 Å². The molecule has 0 saturated carbocycles. The van der Waals surface area contributed by atoms with Gasteiger partial charge in [-0.05, 0) is 71.5 Å². The van der Waals surface area contributed by atoms with Gasteiger partial charge in [-0.1, -0.05) is 67.6 Å². The van der Waals surface area contributed by atoms with Crippen molar-refractivity contribution in [2.75, 3.05) is 5.32 Å². The van der Waals surface area contributed by atoms with Gasteiger partial charge in [-0.3, -0.25) is 9.59 Å². The third-order valence-corrected chi connectivity index (χ3v) is 9.74. The zero-order chi connectivity index (χ0) is 28.7. The normalized spacial score (nSPS) is 19.4. The topological polar surface area (TPSA) is 105 Å². The number of nitrogens with one attached hydrogen (secondary N) is 2. The van der Waals surface area contributed by atoms with E-state index in [2.05, 4.69) is 10.6 Å². The van der Waals surface area contributed by atoms with Gasteiger partial charge in [0.2, 0.25) is 15.9 Å². The molecule has 210 valence electrons. The maximum atomic E-state index is 14.1. The molecule has 0 spiro atoms. The minimum Gasteiger partial charge on any atom is -0.478 e. The first-order chi connectivity index (χ1) is 19.7. The first-order valence-electron chi connectivity index (χ1n) is 13.7. The van der Waals surface area contributed by atoms with Gasteiger partial charge in [0.25, 0.3) is 5.91 Å². The molecule has 0 saturated heterocycles. The van der Waals surface area contributed by atoms with Crippen molar-refractivity contribution in [3.63, 3.8) is 0 Å². The average Bonchev–Trinajstić information content (AvgIpc) is 2.99. The molecule has 0 fully saturated rings. The fraction of sp³-hybridized carbons (Fsp3) is 0.250. The Morgan fingerprint density at radius 3 is 2.51 bits per heavy atom. The molecule has 2 aliphatic heterocycles. The van der Waals surface area contributed by atoms with E-state index in [-0.39, 0.29) is 29.7 Å². The van der Waals surface area contributed by atoms with Crippen LogP contribution in [0.1, 0.15) is 43.0 Å². The summed E-state index contributed by atoms with van der Waals surface area (Å²) in [5.74, 6) is -0.0173. The summed E-state index contributed by atoms with van der Waals surface area (Å²) in [4.78, 5) is 26.1. The molecule has 0 bridgehead atoms. The van der Waals surface area contributed by atoms with Gasteiger partial charge in [0.15, 0.2) is 6.10 Å². The molecular weight excluding hydrogens is 538 g/mol. The fourth-order valence-electron chi connectivity index (χ4n) is 5.53.